The fourth-order valence-electron chi connectivity index (χ4n) is 3.65. The van der Waals surface area contributed by atoms with Crippen molar-refractivity contribution in [2.45, 2.75) is 53.0 Å². The molecule has 0 radical (unpaired) electrons. The number of carbonyl (C=O) groups excluding carboxylic acids is 2. The number of piperidine rings is 1. The van der Waals surface area contributed by atoms with Crippen LogP contribution in [0.2, 0.25) is 0 Å². The van der Waals surface area contributed by atoms with E-state index in [0.717, 1.165) is 12.8 Å². The highest BCUT2D eigenvalue weighted by Gasteiger charge is 2.45. The van der Waals surface area contributed by atoms with E-state index in [1.165, 1.54) is 0 Å². The molecule has 1 unspecified atom stereocenters. The molecule has 2 rings (SSSR count). The first-order chi connectivity index (χ1) is 11.1. The van der Waals surface area contributed by atoms with Gasteiger partial charge in [-0.3, -0.25) is 9.59 Å². The monoisotopic (exact) mass is 358 g/mol. The van der Waals surface area contributed by atoms with Gasteiger partial charge in [-0.1, -0.05) is 6.92 Å². The zero-order valence-electron chi connectivity index (χ0n) is 15.2. The SMILES string of the molecule is CCN(C(=O)C(C)(C)C(=O)N1CCC(C)CC1)C1CCS(=O)(=O)C1. The summed E-state index contributed by atoms with van der Waals surface area (Å²) in [4.78, 5) is 29.3. The van der Waals surface area contributed by atoms with Crippen LogP contribution in [0.4, 0.5) is 0 Å². The molecule has 2 fully saturated rings. The average molecular weight is 359 g/mol. The summed E-state index contributed by atoms with van der Waals surface area (Å²) >= 11 is 0. The first-order valence-corrected chi connectivity index (χ1v) is 10.7. The topological polar surface area (TPSA) is 74.8 Å². The van der Waals surface area contributed by atoms with Crippen LogP contribution >= 0.6 is 0 Å². The molecule has 0 N–H and O–H groups in total. The van der Waals surface area contributed by atoms with Gasteiger partial charge >= 0.3 is 0 Å². The van der Waals surface area contributed by atoms with Gasteiger partial charge in [0.25, 0.3) is 0 Å². The lowest BCUT2D eigenvalue weighted by molar-refractivity contribution is -0.155. The maximum atomic E-state index is 13.0. The molecule has 0 aromatic carbocycles. The Morgan fingerprint density at radius 1 is 1.17 bits per heavy atom. The Bertz CT molecular complexity index is 592. The van der Waals surface area contributed by atoms with Crippen LogP contribution in [-0.4, -0.2) is 67.2 Å². The first kappa shape index (κ1) is 19.2. The van der Waals surface area contributed by atoms with Crippen molar-refractivity contribution in [1.82, 2.24) is 9.80 Å². The van der Waals surface area contributed by atoms with Crippen molar-refractivity contribution in [2.75, 3.05) is 31.1 Å². The number of sulfone groups is 1. The molecule has 138 valence electrons. The second-order valence-electron chi connectivity index (χ2n) is 7.75. The van der Waals surface area contributed by atoms with Gasteiger partial charge in [0.1, 0.15) is 5.41 Å². The minimum atomic E-state index is -3.07. The van der Waals surface area contributed by atoms with Crippen LogP contribution in [0.5, 0.6) is 0 Å². The number of amides is 2. The number of hydrogen-bond donors (Lipinski definition) is 0. The Morgan fingerprint density at radius 3 is 2.21 bits per heavy atom. The number of rotatable bonds is 4. The van der Waals surface area contributed by atoms with E-state index in [9.17, 15) is 18.0 Å². The molecule has 6 nitrogen and oxygen atoms in total. The summed E-state index contributed by atoms with van der Waals surface area (Å²) in [7, 11) is -3.07. The highest BCUT2D eigenvalue weighted by Crippen LogP contribution is 2.28. The summed E-state index contributed by atoms with van der Waals surface area (Å²) in [5.74, 6) is 0.357. The van der Waals surface area contributed by atoms with Crippen molar-refractivity contribution < 1.29 is 18.0 Å². The van der Waals surface area contributed by atoms with Crippen molar-refractivity contribution in [2.24, 2.45) is 11.3 Å². The maximum Gasteiger partial charge on any atom is 0.237 e. The Labute approximate surface area is 145 Å². The lowest BCUT2D eigenvalue weighted by Crippen LogP contribution is -2.54. The predicted octanol–water partition coefficient (Wildman–Crippen LogP) is 1.31. The summed E-state index contributed by atoms with van der Waals surface area (Å²) in [5.41, 5.74) is -1.15. The molecule has 2 saturated heterocycles. The van der Waals surface area contributed by atoms with Gasteiger partial charge in [-0.05, 0) is 46.0 Å². The van der Waals surface area contributed by atoms with E-state index in [4.69, 9.17) is 0 Å². The minimum absolute atomic E-state index is 0.0120. The third-order valence-electron chi connectivity index (χ3n) is 5.39. The van der Waals surface area contributed by atoms with Crippen LogP contribution < -0.4 is 0 Å². The van der Waals surface area contributed by atoms with Gasteiger partial charge in [0.2, 0.25) is 11.8 Å². The number of nitrogens with zero attached hydrogens (tertiary/aromatic N) is 2. The molecular formula is C17H30N2O4S. The maximum absolute atomic E-state index is 13.0. The van der Waals surface area contributed by atoms with Gasteiger partial charge in [-0.25, -0.2) is 8.42 Å². The van der Waals surface area contributed by atoms with Crippen LogP contribution in [0.15, 0.2) is 0 Å². The predicted molar refractivity (Wildman–Crippen MR) is 93.2 cm³/mol. The highest BCUT2D eigenvalue weighted by atomic mass is 32.2. The van der Waals surface area contributed by atoms with Crippen LogP contribution in [0.25, 0.3) is 0 Å². The van der Waals surface area contributed by atoms with E-state index in [-0.39, 0.29) is 29.4 Å². The fourth-order valence-corrected chi connectivity index (χ4v) is 5.38. The lowest BCUT2D eigenvalue weighted by atomic mass is 9.87. The summed E-state index contributed by atoms with van der Waals surface area (Å²) in [6, 6.07) is -0.305. The Kier molecular flexibility index (Phi) is 5.62. The zero-order chi connectivity index (χ0) is 18.1. The van der Waals surface area contributed by atoms with Crippen molar-refractivity contribution in [3.63, 3.8) is 0 Å². The van der Waals surface area contributed by atoms with Crippen LogP contribution in [0.3, 0.4) is 0 Å². The molecule has 0 aromatic rings. The summed E-state index contributed by atoms with van der Waals surface area (Å²) in [6.07, 6.45) is 2.40. The summed E-state index contributed by atoms with van der Waals surface area (Å²) in [5, 5.41) is 0. The van der Waals surface area contributed by atoms with Gasteiger partial charge in [0.05, 0.1) is 11.5 Å². The molecule has 0 bridgehead atoms. The Balaban J connectivity index is 2.11. The third kappa shape index (κ3) is 3.92. The molecule has 0 spiro atoms. The van der Waals surface area contributed by atoms with Crippen LogP contribution in [0.1, 0.15) is 47.0 Å². The van der Waals surface area contributed by atoms with Gasteiger partial charge in [-0.15, -0.1) is 0 Å². The van der Waals surface area contributed by atoms with Crippen LogP contribution in [-0.2, 0) is 19.4 Å². The molecule has 0 aromatic heterocycles. The van der Waals surface area contributed by atoms with Gasteiger partial charge < -0.3 is 9.80 Å². The molecule has 7 heteroatoms. The van der Waals surface area contributed by atoms with Gasteiger partial charge in [-0.2, -0.15) is 0 Å². The quantitative estimate of drug-likeness (QED) is 0.710. The van der Waals surface area contributed by atoms with Gasteiger partial charge in [0, 0.05) is 25.7 Å². The minimum Gasteiger partial charge on any atom is -0.342 e. The van der Waals surface area contributed by atoms with Crippen molar-refractivity contribution in [1.29, 1.82) is 0 Å². The van der Waals surface area contributed by atoms with Crippen molar-refractivity contribution in [3.05, 3.63) is 0 Å². The highest BCUT2D eigenvalue weighted by molar-refractivity contribution is 7.91. The standard InChI is InChI=1S/C17H30N2O4S/c1-5-19(14-8-11-24(22,23)12-14)16(21)17(3,4)15(20)18-9-6-13(2)7-10-18/h13-14H,5-12H2,1-4H3. The van der Waals surface area contributed by atoms with E-state index in [0.29, 0.717) is 32.0 Å². The summed E-state index contributed by atoms with van der Waals surface area (Å²) in [6.45, 7) is 9.17. The fraction of sp³-hybridized carbons (Fsp3) is 0.882. The Morgan fingerprint density at radius 2 is 1.75 bits per heavy atom. The second-order valence-corrected chi connectivity index (χ2v) is 9.98. The molecule has 2 amide bonds. The number of carbonyl (C=O) groups is 2. The number of hydrogen-bond acceptors (Lipinski definition) is 4. The van der Waals surface area contributed by atoms with Crippen molar-refractivity contribution in [3.8, 4) is 0 Å². The molecule has 2 aliphatic rings. The molecule has 2 heterocycles. The largest absolute Gasteiger partial charge is 0.342 e. The molecule has 1 atom stereocenters. The molecule has 0 saturated carbocycles. The summed E-state index contributed by atoms with van der Waals surface area (Å²) < 4.78 is 23.5. The van der Waals surface area contributed by atoms with E-state index in [1.54, 1.807) is 23.6 Å². The molecular weight excluding hydrogens is 328 g/mol. The smallest absolute Gasteiger partial charge is 0.237 e. The van der Waals surface area contributed by atoms with E-state index < -0.39 is 15.3 Å². The van der Waals surface area contributed by atoms with E-state index in [2.05, 4.69) is 6.92 Å². The Hall–Kier alpha value is -1.11. The number of likely N-dealkylation sites (tertiary alicyclic amines) is 1. The normalized spacial score (nSPS) is 24.8. The molecule has 0 aliphatic carbocycles. The van der Waals surface area contributed by atoms with Crippen LogP contribution in [0, 0.1) is 11.3 Å². The molecule has 24 heavy (non-hydrogen) atoms. The average Bonchev–Trinajstić information content (AvgIpc) is 2.87. The van der Waals surface area contributed by atoms with Crippen molar-refractivity contribution >= 4 is 21.7 Å². The molecule has 2 aliphatic heterocycles. The first-order valence-electron chi connectivity index (χ1n) is 8.89. The van der Waals surface area contributed by atoms with E-state index in [1.807, 2.05) is 6.92 Å². The van der Waals surface area contributed by atoms with E-state index >= 15 is 0 Å². The lowest BCUT2D eigenvalue weighted by Gasteiger charge is -2.39. The zero-order valence-corrected chi connectivity index (χ0v) is 16.1. The van der Waals surface area contributed by atoms with Gasteiger partial charge in [0.15, 0.2) is 9.84 Å². The third-order valence-corrected chi connectivity index (χ3v) is 7.14. The second kappa shape index (κ2) is 7.02.